The minimum absolute atomic E-state index is 0.00289. The summed E-state index contributed by atoms with van der Waals surface area (Å²) in [5, 5.41) is 6.50. The molecule has 1 aliphatic heterocycles. The van der Waals surface area contributed by atoms with Crippen molar-refractivity contribution in [3.05, 3.63) is 34.9 Å². The summed E-state index contributed by atoms with van der Waals surface area (Å²) in [7, 11) is 0. The topological polar surface area (TPSA) is 61.4 Å². The molecule has 1 saturated heterocycles. The number of imide groups is 1. The molecule has 3 amide bonds. The summed E-state index contributed by atoms with van der Waals surface area (Å²) in [5.41, 5.74) is 1.04. The zero-order valence-corrected chi connectivity index (χ0v) is 12.3. The number of rotatable bonds is 4. The molecule has 1 aliphatic rings. The zero-order chi connectivity index (χ0) is 14.7. The summed E-state index contributed by atoms with van der Waals surface area (Å²) in [6.45, 7) is 4.68. The second kappa shape index (κ2) is 6.24. The van der Waals surface area contributed by atoms with Gasteiger partial charge in [-0.1, -0.05) is 23.7 Å². The van der Waals surface area contributed by atoms with Crippen molar-refractivity contribution in [3.8, 4) is 0 Å². The highest BCUT2D eigenvalue weighted by molar-refractivity contribution is 6.30. The van der Waals surface area contributed by atoms with Crippen LogP contribution in [0.2, 0.25) is 5.02 Å². The number of hydrogen-bond acceptors (Lipinski definition) is 3. The van der Waals surface area contributed by atoms with Gasteiger partial charge in [0.25, 0.3) is 0 Å². The van der Waals surface area contributed by atoms with E-state index >= 15 is 0 Å². The van der Waals surface area contributed by atoms with Crippen molar-refractivity contribution < 1.29 is 9.59 Å². The molecular weight excluding hydrogens is 278 g/mol. The molecule has 20 heavy (non-hydrogen) atoms. The second-order valence-electron chi connectivity index (χ2n) is 4.88. The van der Waals surface area contributed by atoms with E-state index in [0.717, 1.165) is 5.56 Å². The summed E-state index contributed by atoms with van der Waals surface area (Å²) in [5.74, 6) is -0.208. The third kappa shape index (κ3) is 3.29. The van der Waals surface area contributed by atoms with Crippen LogP contribution in [0, 0.1) is 0 Å². The van der Waals surface area contributed by atoms with Gasteiger partial charge in [0.05, 0.1) is 6.04 Å². The van der Waals surface area contributed by atoms with Crippen LogP contribution in [-0.2, 0) is 4.79 Å². The predicted octanol–water partition coefficient (Wildman–Crippen LogP) is 1.93. The van der Waals surface area contributed by atoms with Gasteiger partial charge in [-0.15, -0.1) is 0 Å². The van der Waals surface area contributed by atoms with E-state index in [-0.39, 0.29) is 18.0 Å². The van der Waals surface area contributed by atoms with Gasteiger partial charge in [0.2, 0.25) is 5.91 Å². The quantitative estimate of drug-likeness (QED) is 0.892. The van der Waals surface area contributed by atoms with Crippen LogP contribution in [0.4, 0.5) is 4.79 Å². The summed E-state index contributed by atoms with van der Waals surface area (Å²) >= 11 is 5.85. The van der Waals surface area contributed by atoms with Crippen LogP contribution in [0.3, 0.4) is 0 Å². The Morgan fingerprint density at radius 3 is 2.55 bits per heavy atom. The molecule has 2 rings (SSSR count). The van der Waals surface area contributed by atoms with E-state index in [1.807, 2.05) is 31.2 Å². The Morgan fingerprint density at radius 1 is 1.35 bits per heavy atom. The van der Waals surface area contributed by atoms with Gasteiger partial charge in [-0.05, 0) is 31.5 Å². The number of nitrogens with zero attached hydrogens (tertiary/aromatic N) is 1. The first kappa shape index (κ1) is 14.8. The van der Waals surface area contributed by atoms with E-state index in [1.54, 1.807) is 6.92 Å². The van der Waals surface area contributed by atoms with E-state index in [4.69, 9.17) is 11.6 Å². The van der Waals surface area contributed by atoms with Crippen molar-refractivity contribution in [1.29, 1.82) is 0 Å². The summed E-state index contributed by atoms with van der Waals surface area (Å²) in [6.07, 6.45) is 0. The SMILES string of the molecule is C[C@H](N[C@H](C)c1ccc(Cl)cc1)C(=O)N1CCNC1=O. The smallest absolute Gasteiger partial charge is 0.324 e. The Balaban J connectivity index is 1.96. The largest absolute Gasteiger partial charge is 0.336 e. The second-order valence-corrected chi connectivity index (χ2v) is 5.32. The lowest BCUT2D eigenvalue weighted by Crippen LogP contribution is -2.46. The Bertz CT molecular complexity index is 504. The highest BCUT2D eigenvalue weighted by Gasteiger charge is 2.30. The number of nitrogens with one attached hydrogen (secondary N) is 2. The number of halogens is 1. The molecule has 5 nitrogen and oxygen atoms in total. The zero-order valence-electron chi connectivity index (χ0n) is 11.5. The van der Waals surface area contributed by atoms with E-state index in [2.05, 4.69) is 10.6 Å². The van der Waals surface area contributed by atoms with Crippen molar-refractivity contribution in [3.63, 3.8) is 0 Å². The predicted molar refractivity (Wildman–Crippen MR) is 77.6 cm³/mol. The number of carbonyl (C=O) groups is 2. The minimum atomic E-state index is -0.426. The summed E-state index contributed by atoms with van der Waals surface area (Å²) < 4.78 is 0. The molecule has 1 fully saturated rings. The van der Waals surface area contributed by atoms with Crippen LogP contribution in [-0.4, -0.2) is 36.0 Å². The van der Waals surface area contributed by atoms with Gasteiger partial charge < -0.3 is 5.32 Å². The lowest BCUT2D eigenvalue weighted by molar-refractivity contribution is -0.129. The van der Waals surface area contributed by atoms with Gasteiger partial charge in [0.1, 0.15) is 0 Å². The number of amides is 3. The van der Waals surface area contributed by atoms with Crippen molar-refractivity contribution in [2.45, 2.75) is 25.9 Å². The maximum Gasteiger partial charge on any atom is 0.324 e. The van der Waals surface area contributed by atoms with Crippen LogP contribution < -0.4 is 10.6 Å². The van der Waals surface area contributed by atoms with E-state index in [9.17, 15) is 9.59 Å². The fourth-order valence-electron chi connectivity index (χ4n) is 2.21. The fourth-order valence-corrected chi connectivity index (χ4v) is 2.34. The number of benzene rings is 1. The van der Waals surface area contributed by atoms with Crippen LogP contribution >= 0.6 is 11.6 Å². The van der Waals surface area contributed by atoms with Gasteiger partial charge >= 0.3 is 6.03 Å². The Hall–Kier alpha value is -1.59. The normalized spacial score (nSPS) is 17.8. The van der Waals surface area contributed by atoms with E-state index < -0.39 is 6.04 Å². The Kier molecular flexibility index (Phi) is 4.62. The molecule has 0 spiro atoms. The van der Waals surface area contributed by atoms with Crippen LogP contribution in [0.1, 0.15) is 25.5 Å². The lowest BCUT2D eigenvalue weighted by atomic mass is 10.1. The first-order valence-corrected chi connectivity index (χ1v) is 6.97. The third-order valence-electron chi connectivity index (χ3n) is 3.36. The molecule has 1 aromatic carbocycles. The monoisotopic (exact) mass is 295 g/mol. The molecule has 0 saturated carbocycles. The van der Waals surface area contributed by atoms with Crippen molar-refractivity contribution >= 4 is 23.5 Å². The molecule has 0 radical (unpaired) electrons. The van der Waals surface area contributed by atoms with Crippen LogP contribution in [0.5, 0.6) is 0 Å². The maximum atomic E-state index is 12.2. The Morgan fingerprint density at radius 2 is 2.00 bits per heavy atom. The van der Waals surface area contributed by atoms with Gasteiger partial charge in [-0.25, -0.2) is 4.79 Å². The van der Waals surface area contributed by atoms with E-state index in [1.165, 1.54) is 4.90 Å². The van der Waals surface area contributed by atoms with Crippen molar-refractivity contribution in [2.24, 2.45) is 0 Å². The highest BCUT2D eigenvalue weighted by Crippen LogP contribution is 2.17. The standard InChI is InChI=1S/C14H18ClN3O2/c1-9(11-3-5-12(15)6-4-11)17-10(2)13(19)18-8-7-16-14(18)20/h3-6,9-10,17H,7-8H2,1-2H3,(H,16,20)/t9-,10+/m1/s1. The average molecular weight is 296 g/mol. The number of hydrogen-bond donors (Lipinski definition) is 2. The molecule has 6 heteroatoms. The molecule has 0 unspecified atom stereocenters. The molecule has 0 aromatic heterocycles. The van der Waals surface area contributed by atoms with Gasteiger partial charge in [-0.3, -0.25) is 15.0 Å². The van der Waals surface area contributed by atoms with Gasteiger partial charge in [-0.2, -0.15) is 0 Å². The first-order valence-electron chi connectivity index (χ1n) is 6.59. The molecule has 2 N–H and O–H groups in total. The molecule has 0 aliphatic carbocycles. The molecule has 1 aromatic rings. The number of urea groups is 1. The average Bonchev–Trinajstić information content (AvgIpc) is 2.84. The third-order valence-corrected chi connectivity index (χ3v) is 3.62. The Labute approximate surface area is 123 Å². The van der Waals surface area contributed by atoms with Crippen LogP contribution in [0.25, 0.3) is 0 Å². The van der Waals surface area contributed by atoms with Gasteiger partial charge in [0.15, 0.2) is 0 Å². The molecule has 108 valence electrons. The lowest BCUT2D eigenvalue weighted by Gasteiger charge is -2.23. The molecule has 1 heterocycles. The molecule has 0 bridgehead atoms. The number of carbonyl (C=O) groups excluding carboxylic acids is 2. The van der Waals surface area contributed by atoms with Gasteiger partial charge in [0, 0.05) is 24.2 Å². The summed E-state index contributed by atoms with van der Waals surface area (Å²) in [6, 6.07) is 6.72. The van der Waals surface area contributed by atoms with Crippen molar-refractivity contribution in [2.75, 3.05) is 13.1 Å². The molecule has 2 atom stereocenters. The highest BCUT2D eigenvalue weighted by atomic mass is 35.5. The summed E-state index contributed by atoms with van der Waals surface area (Å²) in [4.78, 5) is 24.9. The first-order chi connectivity index (χ1) is 9.49. The minimum Gasteiger partial charge on any atom is -0.336 e. The fraction of sp³-hybridized carbons (Fsp3) is 0.429. The maximum absolute atomic E-state index is 12.2. The molecular formula is C14H18ClN3O2. The van der Waals surface area contributed by atoms with Crippen molar-refractivity contribution in [1.82, 2.24) is 15.5 Å². The van der Waals surface area contributed by atoms with Crippen LogP contribution in [0.15, 0.2) is 24.3 Å². The van der Waals surface area contributed by atoms with E-state index in [0.29, 0.717) is 18.1 Å².